The van der Waals surface area contributed by atoms with Crippen LogP contribution in [0.15, 0.2) is 149 Å². The van der Waals surface area contributed by atoms with Gasteiger partial charge >= 0.3 is 88.7 Å². The Hall–Kier alpha value is -3.55. The van der Waals surface area contributed by atoms with E-state index in [1.165, 1.54) is 54.6 Å². The number of hydrazone groups is 1. The number of allylic oxidation sites excluding steroid dienone is 1. The van der Waals surface area contributed by atoms with Crippen LogP contribution in [0.4, 0.5) is 34.1 Å². The molecule has 282 valence electrons. The number of carbonyl (C=O) groups is 1. The van der Waals surface area contributed by atoms with Crippen LogP contribution < -0.4 is 99.8 Å². The van der Waals surface area contributed by atoms with Crippen LogP contribution in [-0.4, -0.2) is 50.4 Å². The summed E-state index contributed by atoms with van der Waals surface area (Å²) in [5.41, 5.74) is 8.93. The van der Waals surface area contributed by atoms with Crippen LogP contribution in [-0.2, 0) is 30.4 Å². The number of nitrogens with two attached hydrogens (primary N) is 1. The second kappa shape index (κ2) is 19.0. The van der Waals surface area contributed by atoms with Crippen LogP contribution in [0.1, 0.15) is 15.9 Å². The number of nitrogens with one attached hydrogen (secondary N) is 1. The fourth-order valence-corrected chi connectivity index (χ4v) is 7.39. The molecular weight excluding hydrogens is 856 g/mol. The van der Waals surface area contributed by atoms with E-state index in [1.807, 2.05) is 0 Å². The molecule has 3 N–H and O–H groups in total. The van der Waals surface area contributed by atoms with E-state index in [1.54, 1.807) is 30.3 Å². The second-order valence-corrected chi connectivity index (χ2v) is 16.1. The van der Waals surface area contributed by atoms with Crippen LogP contribution in [0.2, 0.25) is 0 Å². The van der Waals surface area contributed by atoms with E-state index in [0.717, 1.165) is 30.3 Å². The van der Waals surface area contributed by atoms with Crippen LogP contribution in [0.3, 0.4) is 0 Å². The van der Waals surface area contributed by atoms with Crippen molar-refractivity contribution in [3.8, 4) is 0 Å². The first kappa shape index (κ1) is 48.1. The number of benzene rings is 6. The molecule has 1 aliphatic rings. The molecule has 17 nitrogen and oxygen atoms in total. The third-order valence-electron chi connectivity index (χ3n) is 8.39. The number of fused-ring (bicyclic) bond motifs is 3. The third-order valence-corrected chi connectivity index (χ3v) is 10.9. The van der Waals surface area contributed by atoms with E-state index >= 15 is 0 Å². The largest absolute Gasteiger partial charge is 1.00 e. The summed E-state index contributed by atoms with van der Waals surface area (Å²) >= 11 is 0. The van der Waals surface area contributed by atoms with Crippen molar-refractivity contribution >= 4 is 104 Å². The molecule has 59 heavy (non-hydrogen) atoms. The SMILES string of the molecule is Nc1ccc2c(c1)C(=O)C(=NNc1ccc(N=Nc3ccc(N=Nc4ccccc4)c4cc(S(=O)(=O)[O-])ccc34)c3cc(S(=O)(=O)[O-])ccc13)C(S(=O)(=O)[O-])=C2.[Na+].[Na+].[Na+]. The van der Waals surface area contributed by atoms with Crippen LogP contribution >= 0.6 is 0 Å². The molecule has 0 bridgehead atoms. The maximum absolute atomic E-state index is 13.4. The monoisotopic (exact) mass is 877 g/mol. The Labute approximate surface area is 403 Å². The maximum atomic E-state index is 13.4. The van der Waals surface area contributed by atoms with Crippen LogP contribution in [0.5, 0.6) is 0 Å². The Bertz CT molecular complexity index is 3130. The van der Waals surface area contributed by atoms with E-state index in [4.69, 9.17) is 5.73 Å². The average Bonchev–Trinajstić information content (AvgIpc) is 3.15. The van der Waals surface area contributed by atoms with Gasteiger partial charge in [0.1, 0.15) is 36.1 Å². The number of azo groups is 2. The minimum absolute atomic E-state index is 0. The van der Waals surface area contributed by atoms with Gasteiger partial charge in [0.25, 0.3) is 0 Å². The number of nitrogen functional groups attached to an aromatic ring is 1. The molecule has 1 aliphatic carbocycles. The van der Waals surface area contributed by atoms with Crippen molar-refractivity contribution in [2.45, 2.75) is 9.79 Å². The zero-order chi connectivity index (χ0) is 40.0. The topological polar surface area (TPSA) is 289 Å². The number of nitrogens with zero attached hydrogens (tertiary/aromatic N) is 5. The predicted molar refractivity (Wildman–Crippen MR) is 203 cm³/mol. The molecule has 0 aliphatic heterocycles. The fraction of sp³-hybridized carbons (Fsp3) is 0. The van der Waals surface area contributed by atoms with Gasteiger partial charge in [-0.1, -0.05) is 36.4 Å². The minimum Gasteiger partial charge on any atom is -0.744 e. The summed E-state index contributed by atoms with van der Waals surface area (Å²) in [5.74, 6) is -0.911. The van der Waals surface area contributed by atoms with Crippen molar-refractivity contribution in [3.63, 3.8) is 0 Å². The molecule has 0 saturated carbocycles. The number of ketones is 1. The van der Waals surface area contributed by atoms with Gasteiger partial charge < -0.3 is 19.4 Å². The summed E-state index contributed by atoms with van der Waals surface area (Å²) in [6, 6.07) is 25.3. The summed E-state index contributed by atoms with van der Waals surface area (Å²) in [5, 5.41) is 21.7. The van der Waals surface area contributed by atoms with Gasteiger partial charge in [0.2, 0.25) is 5.78 Å². The Kier molecular flexibility index (Phi) is 15.5. The van der Waals surface area contributed by atoms with Gasteiger partial charge in [-0.2, -0.15) is 10.2 Å². The molecule has 0 aromatic heterocycles. The molecule has 23 heteroatoms. The molecule has 0 radical (unpaired) electrons. The number of Topliss-reactive ketones (excluding diaryl/α,β-unsaturated/α-hetero) is 1. The molecule has 7 rings (SSSR count). The van der Waals surface area contributed by atoms with E-state index in [2.05, 4.69) is 31.0 Å². The third kappa shape index (κ3) is 10.7. The summed E-state index contributed by atoms with van der Waals surface area (Å²) in [7, 11) is -15.1. The summed E-state index contributed by atoms with van der Waals surface area (Å²) in [4.78, 5) is 11.3. The average molecular weight is 878 g/mol. The summed E-state index contributed by atoms with van der Waals surface area (Å²) in [6.45, 7) is 0. The van der Waals surface area contributed by atoms with Crippen LogP contribution in [0, 0.1) is 0 Å². The van der Waals surface area contributed by atoms with Gasteiger partial charge in [0.05, 0.1) is 43.1 Å². The number of anilines is 2. The Morgan fingerprint density at radius 1 is 0.542 bits per heavy atom. The molecule has 6 aromatic rings. The standard InChI is InChI=1S/C36H25N7O10S3.3Na/c37-21-7-6-20-16-34(56(51,52)53)35(36(44)27(20)17-21)43-42-31-13-15-33(29-19-24(55(48,49)50)9-11-26(29)31)41-40-30-12-14-32(39-38-22-4-2-1-3-5-22)28-18-23(54(45,46)47)8-10-25(28)30;;;/h1-19,42H,37H2,(H,45,46,47)(H,48,49,50)(H,51,52,53);;;/q;3*+1/p-3. The van der Waals surface area contributed by atoms with E-state index in [0.29, 0.717) is 11.1 Å². The van der Waals surface area contributed by atoms with Crippen molar-refractivity contribution < 1.29 is 132 Å². The quantitative estimate of drug-likeness (QED) is 0.0514. The van der Waals surface area contributed by atoms with Crippen LogP contribution in [0.25, 0.3) is 27.6 Å². The van der Waals surface area contributed by atoms with Crippen molar-refractivity contribution in [1.82, 2.24) is 0 Å². The number of hydrogen-bond acceptors (Lipinski definition) is 17. The van der Waals surface area contributed by atoms with Crippen molar-refractivity contribution in [3.05, 3.63) is 125 Å². The van der Waals surface area contributed by atoms with Gasteiger partial charge in [0, 0.05) is 32.8 Å². The number of rotatable bonds is 9. The number of hydrogen-bond donors (Lipinski definition) is 2. The smallest absolute Gasteiger partial charge is 0.744 e. The molecule has 6 aromatic carbocycles. The van der Waals surface area contributed by atoms with E-state index in [9.17, 15) is 43.7 Å². The molecule has 0 atom stereocenters. The fourth-order valence-electron chi connectivity index (χ4n) is 5.75. The van der Waals surface area contributed by atoms with Gasteiger partial charge in [-0.3, -0.25) is 10.2 Å². The Morgan fingerprint density at radius 3 is 1.64 bits per heavy atom. The van der Waals surface area contributed by atoms with Gasteiger partial charge in [-0.15, -0.1) is 15.3 Å². The molecule has 0 unspecified atom stereocenters. The Balaban J connectivity index is 0.00000256. The molecular formula is C36H22N7Na3O10S3. The first-order valence-corrected chi connectivity index (χ1v) is 20.1. The zero-order valence-corrected chi connectivity index (χ0v) is 39.5. The molecule has 0 heterocycles. The minimum atomic E-state index is -5.21. The van der Waals surface area contributed by atoms with E-state index < -0.39 is 56.5 Å². The maximum Gasteiger partial charge on any atom is 1.00 e. The summed E-state index contributed by atoms with van der Waals surface area (Å²) in [6.07, 6.45) is 0.995. The second-order valence-electron chi connectivity index (χ2n) is 12.0. The number of carbonyl (C=O) groups excluding carboxylic acids is 1. The van der Waals surface area contributed by atoms with Gasteiger partial charge in [-0.05, 0) is 84.4 Å². The first-order valence-electron chi connectivity index (χ1n) is 15.9. The summed E-state index contributed by atoms with van der Waals surface area (Å²) < 4.78 is 108. The molecule has 0 saturated heterocycles. The van der Waals surface area contributed by atoms with Crippen molar-refractivity contribution in [1.29, 1.82) is 0 Å². The van der Waals surface area contributed by atoms with E-state index in [-0.39, 0.29) is 144 Å². The predicted octanol–water partition coefficient (Wildman–Crippen LogP) is -2.22. The van der Waals surface area contributed by atoms with Crippen molar-refractivity contribution in [2.24, 2.45) is 25.6 Å². The molecule has 0 amide bonds. The molecule has 0 spiro atoms. The van der Waals surface area contributed by atoms with Gasteiger partial charge in [0.15, 0.2) is 0 Å². The first-order chi connectivity index (χ1) is 26.5. The molecule has 0 fully saturated rings. The Morgan fingerprint density at radius 2 is 1.07 bits per heavy atom. The zero-order valence-electron chi connectivity index (χ0n) is 31.1. The van der Waals surface area contributed by atoms with Gasteiger partial charge in [-0.25, -0.2) is 25.3 Å². The normalized spacial score (nSPS) is 13.8. The van der Waals surface area contributed by atoms with Crippen molar-refractivity contribution in [2.75, 3.05) is 11.2 Å².